The van der Waals surface area contributed by atoms with Crippen LogP contribution in [0.15, 0.2) is 24.3 Å². The highest BCUT2D eigenvalue weighted by molar-refractivity contribution is 5.83. The summed E-state index contributed by atoms with van der Waals surface area (Å²) in [6.45, 7) is 11.2. The van der Waals surface area contributed by atoms with Gasteiger partial charge in [-0.2, -0.15) is 13.2 Å². The largest absolute Gasteiger partial charge is 0.416 e. The minimum absolute atomic E-state index is 0.0146. The molecule has 1 unspecified atom stereocenters. The maximum Gasteiger partial charge on any atom is 0.416 e. The Bertz CT molecular complexity index is 845. The molecule has 1 atom stereocenters. The van der Waals surface area contributed by atoms with Crippen LogP contribution in [0, 0.1) is 11.3 Å². The van der Waals surface area contributed by atoms with Gasteiger partial charge in [-0.25, -0.2) is 0 Å². The van der Waals surface area contributed by atoms with Crippen LogP contribution in [0.25, 0.3) is 0 Å². The van der Waals surface area contributed by atoms with Crippen molar-refractivity contribution < 1.29 is 22.8 Å². The van der Waals surface area contributed by atoms with E-state index in [1.165, 1.54) is 12.1 Å². The molecule has 6 nitrogen and oxygen atoms in total. The lowest BCUT2D eigenvalue weighted by molar-refractivity contribution is -0.143. The van der Waals surface area contributed by atoms with Crippen LogP contribution in [-0.2, 0) is 15.8 Å². The van der Waals surface area contributed by atoms with E-state index < -0.39 is 17.2 Å². The van der Waals surface area contributed by atoms with E-state index >= 15 is 0 Å². The lowest BCUT2D eigenvalue weighted by Crippen LogP contribution is -2.49. The van der Waals surface area contributed by atoms with Crippen molar-refractivity contribution in [2.45, 2.75) is 46.2 Å². The fourth-order valence-corrected chi connectivity index (χ4v) is 4.62. The summed E-state index contributed by atoms with van der Waals surface area (Å²) in [7, 11) is 0. The molecule has 0 aromatic heterocycles. The summed E-state index contributed by atoms with van der Waals surface area (Å²) in [5, 5.41) is 3.02. The molecule has 2 saturated heterocycles. The average molecular weight is 483 g/mol. The fourth-order valence-electron chi connectivity index (χ4n) is 4.62. The van der Waals surface area contributed by atoms with E-state index in [1.54, 1.807) is 6.07 Å². The van der Waals surface area contributed by atoms with Gasteiger partial charge in [-0.15, -0.1) is 0 Å². The summed E-state index contributed by atoms with van der Waals surface area (Å²) < 4.78 is 38.9. The van der Waals surface area contributed by atoms with Crippen molar-refractivity contribution in [2.75, 3.05) is 57.3 Å². The Morgan fingerprint density at radius 2 is 1.76 bits per heavy atom. The first-order chi connectivity index (χ1) is 15.9. The molecule has 0 bridgehead atoms. The van der Waals surface area contributed by atoms with Gasteiger partial charge >= 0.3 is 6.18 Å². The van der Waals surface area contributed by atoms with Gasteiger partial charge in [0.1, 0.15) is 0 Å². The third-order valence-corrected chi connectivity index (χ3v) is 6.58. The SMILES string of the molecule is CC(C)(C)C(=O)N1CCCC(C(=O)NCCCN2CCN(c3cccc(C(F)(F)F)c3)CC2)C1. The number of nitrogens with zero attached hydrogens (tertiary/aromatic N) is 3. The molecule has 1 aromatic rings. The first kappa shape index (κ1) is 26.3. The van der Waals surface area contributed by atoms with Crippen LogP contribution in [0.1, 0.15) is 45.6 Å². The van der Waals surface area contributed by atoms with E-state index in [2.05, 4.69) is 10.2 Å². The number of alkyl halides is 3. The molecular formula is C25H37F3N4O2. The van der Waals surface area contributed by atoms with Crippen molar-refractivity contribution in [3.05, 3.63) is 29.8 Å². The van der Waals surface area contributed by atoms with Gasteiger partial charge in [-0.3, -0.25) is 14.5 Å². The molecule has 9 heteroatoms. The maximum atomic E-state index is 13.0. The molecule has 0 radical (unpaired) electrons. The van der Waals surface area contributed by atoms with Gasteiger partial charge in [-0.05, 0) is 44.0 Å². The molecule has 2 fully saturated rings. The molecule has 2 amide bonds. The third-order valence-electron chi connectivity index (χ3n) is 6.58. The number of carbonyl (C=O) groups excluding carboxylic acids is 2. The number of anilines is 1. The molecule has 0 saturated carbocycles. The first-order valence-electron chi connectivity index (χ1n) is 12.2. The minimum atomic E-state index is -4.33. The van der Waals surface area contributed by atoms with E-state index in [-0.39, 0.29) is 17.7 Å². The number of piperidine rings is 1. The fraction of sp³-hybridized carbons (Fsp3) is 0.680. The molecule has 0 aliphatic carbocycles. The van der Waals surface area contributed by atoms with Crippen molar-refractivity contribution >= 4 is 17.5 Å². The van der Waals surface area contributed by atoms with E-state index in [9.17, 15) is 22.8 Å². The normalized spacial score (nSPS) is 20.4. The molecule has 1 N–H and O–H groups in total. The topological polar surface area (TPSA) is 55.9 Å². The summed E-state index contributed by atoms with van der Waals surface area (Å²) >= 11 is 0. The van der Waals surface area contributed by atoms with Gasteiger partial charge in [0.25, 0.3) is 0 Å². The Hall–Kier alpha value is -2.29. The van der Waals surface area contributed by atoms with Crippen LogP contribution in [0.4, 0.5) is 18.9 Å². The van der Waals surface area contributed by atoms with Crippen LogP contribution < -0.4 is 10.2 Å². The Morgan fingerprint density at radius 1 is 1.06 bits per heavy atom. The number of piperazine rings is 1. The van der Waals surface area contributed by atoms with Gasteiger partial charge in [-0.1, -0.05) is 26.8 Å². The van der Waals surface area contributed by atoms with Crippen LogP contribution in [0.2, 0.25) is 0 Å². The van der Waals surface area contributed by atoms with Crippen molar-refractivity contribution in [1.82, 2.24) is 15.1 Å². The Balaban J connectivity index is 1.36. The zero-order chi connectivity index (χ0) is 24.9. The number of benzene rings is 1. The molecular weight excluding hydrogens is 445 g/mol. The Morgan fingerprint density at radius 3 is 2.41 bits per heavy atom. The highest BCUT2D eigenvalue weighted by Crippen LogP contribution is 2.32. The van der Waals surface area contributed by atoms with Gasteiger partial charge in [0.05, 0.1) is 11.5 Å². The molecule has 3 rings (SSSR count). The number of amides is 2. The van der Waals surface area contributed by atoms with Crippen LogP contribution in [-0.4, -0.2) is 74.0 Å². The molecule has 190 valence electrons. The number of nitrogens with one attached hydrogen (secondary N) is 1. The van der Waals surface area contributed by atoms with E-state index in [4.69, 9.17) is 0 Å². The number of rotatable bonds is 6. The summed E-state index contributed by atoms with van der Waals surface area (Å²) in [6.07, 6.45) is -1.87. The summed E-state index contributed by atoms with van der Waals surface area (Å²) in [6, 6.07) is 5.49. The molecule has 34 heavy (non-hydrogen) atoms. The minimum Gasteiger partial charge on any atom is -0.369 e. The summed E-state index contributed by atoms with van der Waals surface area (Å²) in [5.74, 6) is -0.0499. The van der Waals surface area contributed by atoms with E-state index in [0.29, 0.717) is 38.4 Å². The van der Waals surface area contributed by atoms with Crippen molar-refractivity contribution in [3.63, 3.8) is 0 Å². The number of likely N-dealkylation sites (tertiary alicyclic amines) is 1. The molecule has 0 spiro atoms. The lowest BCUT2D eigenvalue weighted by atomic mass is 9.91. The van der Waals surface area contributed by atoms with Gasteiger partial charge < -0.3 is 15.1 Å². The summed E-state index contributed by atoms with van der Waals surface area (Å²) in [5.41, 5.74) is -0.455. The molecule has 2 heterocycles. The summed E-state index contributed by atoms with van der Waals surface area (Å²) in [4.78, 5) is 31.2. The number of hydrogen-bond acceptors (Lipinski definition) is 4. The zero-order valence-electron chi connectivity index (χ0n) is 20.5. The van der Waals surface area contributed by atoms with Crippen molar-refractivity contribution in [2.24, 2.45) is 11.3 Å². The zero-order valence-corrected chi connectivity index (χ0v) is 20.5. The van der Waals surface area contributed by atoms with Crippen LogP contribution >= 0.6 is 0 Å². The quantitative estimate of drug-likeness (QED) is 0.630. The predicted molar refractivity (Wildman–Crippen MR) is 126 cm³/mol. The monoisotopic (exact) mass is 482 g/mol. The average Bonchev–Trinajstić information content (AvgIpc) is 2.80. The number of hydrogen-bond donors (Lipinski definition) is 1. The van der Waals surface area contributed by atoms with Gasteiger partial charge in [0.15, 0.2) is 0 Å². The smallest absolute Gasteiger partial charge is 0.369 e. The van der Waals surface area contributed by atoms with E-state index in [1.807, 2.05) is 30.6 Å². The third kappa shape index (κ3) is 7.10. The van der Waals surface area contributed by atoms with Crippen molar-refractivity contribution in [1.29, 1.82) is 0 Å². The van der Waals surface area contributed by atoms with Gasteiger partial charge in [0.2, 0.25) is 11.8 Å². The maximum absolute atomic E-state index is 13.0. The molecule has 1 aromatic carbocycles. The number of halogens is 3. The van der Waals surface area contributed by atoms with Crippen LogP contribution in [0.3, 0.4) is 0 Å². The van der Waals surface area contributed by atoms with Crippen LogP contribution in [0.5, 0.6) is 0 Å². The molecule has 2 aliphatic heterocycles. The second-order valence-corrected chi connectivity index (χ2v) is 10.4. The Kier molecular flexibility index (Phi) is 8.49. The standard InChI is InChI=1S/C25H37F3N4O2/c1-24(2,3)23(34)32-12-5-7-19(18-32)22(33)29-10-6-11-30-13-15-31(16-14-30)21-9-4-8-20(17-21)25(26,27)28/h4,8-9,17,19H,5-7,10-16,18H2,1-3H3,(H,29,33). The first-order valence-corrected chi connectivity index (χ1v) is 12.2. The van der Waals surface area contributed by atoms with Gasteiger partial charge in [0, 0.05) is 56.9 Å². The number of carbonyl (C=O) groups is 2. The second-order valence-electron chi connectivity index (χ2n) is 10.4. The van der Waals surface area contributed by atoms with Crippen molar-refractivity contribution in [3.8, 4) is 0 Å². The lowest BCUT2D eigenvalue weighted by Gasteiger charge is -2.36. The molecule has 2 aliphatic rings. The predicted octanol–water partition coefficient (Wildman–Crippen LogP) is 3.62. The Labute approximate surface area is 200 Å². The second kappa shape index (κ2) is 11.0. The van der Waals surface area contributed by atoms with E-state index in [0.717, 1.165) is 45.0 Å². The highest BCUT2D eigenvalue weighted by atomic mass is 19.4. The highest BCUT2D eigenvalue weighted by Gasteiger charge is 2.33.